The number of carboxylic acids is 2. The molecule has 5 unspecified atom stereocenters. The predicted octanol–water partition coefficient (Wildman–Crippen LogP) is 17.1. The Bertz CT molecular complexity index is 6950. The lowest BCUT2D eigenvalue weighted by Crippen LogP contribution is -2.35. The number of aliphatic carboxylic acids is 2. The molecule has 14 aromatic rings. The van der Waals surface area contributed by atoms with Crippen LogP contribution in [0, 0.1) is 55.4 Å². The van der Waals surface area contributed by atoms with Crippen molar-refractivity contribution in [1.82, 2.24) is 68.1 Å². The van der Waals surface area contributed by atoms with E-state index >= 15 is 0 Å². The normalized spacial score (nSPS) is 16.9. The summed E-state index contributed by atoms with van der Waals surface area (Å²) in [7, 11) is -2.62. The van der Waals surface area contributed by atoms with Crippen LogP contribution < -0.4 is 9.47 Å². The van der Waals surface area contributed by atoms with Crippen LogP contribution in [0.2, 0.25) is 10.0 Å². The average Bonchev–Trinajstić information content (AvgIpc) is 1.59. The lowest BCUT2D eigenvalue weighted by atomic mass is 9.86. The molecule has 36 heteroatoms. The minimum atomic E-state index is -3.80. The van der Waals surface area contributed by atoms with Gasteiger partial charge in [-0.1, -0.05) is 131 Å². The molecule has 0 amide bonds. The Morgan fingerprint density at radius 2 is 0.992 bits per heavy atom. The topological polar surface area (TPSA) is 376 Å². The maximum absolute atomic E-state index is 13.6. The average molecular weight is 1900 g/mol. The van der Waals surface area contributed by atoms with E-state index in [1.807, 2.05) is 167 Å². The van der Waals surface area contributed by atoms with Crippen molar-refractivity contribution in [2.24, 2.45) is 24.1 Å². The Balaban J connectivity index is 0.000000136. The smallest absolute Gasteiger partial charge is 0.308 e. The number of methoxy groups -OCH3 is 1. The first-order valence-electron chi connectivity index (χ1n) is 42.4. The molecule has 0 bridgehead atoms. The quantitative estimate of drug-likeness (QED) is 0.0561. The SMILES string of the molecule is CC(=O)CC1N=C(c2ccc(Cl)cc2)c2c(sc(C)c2C)-n2c(C)nnc21.COC(=O)C[C@@H]1N=C(c2ccc(Cl)cc2)c2c(sc(C(C)=O)c2C)-n2cnnc21.Cc1ccc(C(CC(=O)O)c2cc(C)c3c(c2)nnn3C)cc1CN1CC(C)Oc2ccccc2S1(=O)=O.Cc1ccc(C(CC(=O)O)c2cc(C)c3c(c2)nnn3C)cc1CN1CC(C)Oc2ccccc2S1(=O)=O. The highest BCUT2D eigenvalue weighted by molar-refractivity contribution is 7.89. The first kappa shape index (κ1) is 94.0. The summed E-state index contributed by atoms with van der Waals surface area (Å²) in [5.41, 5.74) is 19.1. The van der Waals surface area contributed by atoms with Crippen molar-refractivity contribution in [1.29, 1.82) is 0 Å². The van der Waals surface area contributed by atoms with Gasteiger partial charge in [0.2, 0.25) is 20.0 Å². The highest BCUT2D eigenvalue weighted by Gasteiger charge is 2.39. The maximum atomic E-state index is 13.6. The second kappa shape index (κ2) is 38.6. The van der Waals surface area contributed by atoms with Crippen molar-refractivity contribution < 1.29 is 65.2 Å². The van der Waals surface area contributed by atoms with Crippen molar-refractivity contribution in [2.75, 3.05) is 20.2 Å². The van der Waals surface area contributed by atoms with Crippen molar-refractivity contribution in [2.45, 2.75) is 168 Å². The molecule has 4 aliphatic heterocycles. The summed E-state index contributed by atoms with van der Waals surface area (Å²) in [5.74, 6) is -0.329. The number of para-hydroxylation sites is 2. The molecule has 4 aliphatic rings. The van der Waals surface area contributed by atoms with E-state index in [-0.39, 0.29) is 85.0 Å². The number of halogens is 2. The summed E-state index contributed by atoms with van der Waals surface area (Å²) >= 11 is 15.2. The van der Waals surface area contributed by atoms with E-state index in [1.165, 1.54) is 37.5 Å². The molecule has 6 atom stereocenters. The molecule has 0 fully saturated rings. The third kappa shape index (κ3) is 19.4. The summed E-state index contributed by atoms with van der Waals surface area (Å²) in [5, 5.41) is 56.2. The molecule has 18 rings (SSSR count). The van der Waals surface area contributed by atoms with E-state index in [0.717, 1.165) is 116 Å². The summed E-state index contributed by atoms with van der Waals surface area (Å²) in [6.07, 6.45) is 1.000. The minimum Gasteiger partial charge on any atom is -0.488 e. The van der Waals surface area contributed by atoms with Crippen LogP contribution in [0.4, 0.5) is 0 Å². The van der Waals surface area contributed by atoms with E-state index in [0.29, 0.717) is 61.2 Å². The molecule has 8 aromatic carbocycles. The number of fused-ring (bicyclic) bond motifs is 10. The van der Waals surface area contributed by atoms with Crippen LogP contribution in [0.15, 0.2) is 184 Å². The Hall–Kier alpha value is -12.7. The summed E-state index contributed by atoms with van der Waals surface area (Å²) in [4.78, 5) is 72.1. The molecule has 0 spiro atoms. The zero-order chi connectivity index (χ0) is 94.4. The molecule has 682 valence electrons. The first-order valence-corrected chi connectivity index (χ1v) is 47.7. The molecule has 0 saturated carbocycles. The molecule has 0 aliphatic carbocycles. The molecule has 0 saturated heterocycles. The predicted molar refractivity (Wildman–Crippen MR) is 504 cm³/mol. The van der Waals surface area contributed by atoms with Gasteiger partial charge in [0.25, 0.3) is 0 Å². The number of aromatic nitrogens is 12. The maximum Gasteiger partial charge on any atom is 0.308 e. The minimum absolute atomic E-state index is 0.0169. The van der Waals surface area contributed by atoms with Crippen molar-refractivity contribution in [3.63, 3.8) is 0 Å². The van der Waals surface area contributed by atoms with Gasteiger partial charge in [0.1, 0.15) is 84.6 Å². The first-order chi connectivity index (χ1) is 62.8. The Morgan fingerprint density at radius 1 is 0.530 bits per heavy atom. The number of esters is 1. The van der Waals surface area contributed by atoms with Crippen molar-refractivity contribution in [3.8, 4) is 21.5 Å². The number of carbonyl (C=O) groups is 5. The highest BCUT2D eigenvalue weighted by Crippen LogP contribution is 2.45. The van der Waals surface area contributed by atoms with Gasteiger partial charge in [-0.05, 0) is 211 Å². The number of aryl methyl sites for hydroxylation is 8. The van der Waals surface area contributed by atoms with Crippen LogP contribution in [-0.2, 0) is 71.1 Å². The number of ketones is 2. The van der Waals surface area contributed by atoms with Gasteiger partial charge in [-0.2, -0.15) is 8.61 Å². The van der Waals surface area contributed by atoms with Gasteiger partial charge >= 0.3 is 17.9 Å². The van der Waals surface area contributed by atoms with Crippen LogP contribution in [0.5, 0.6) is 11.5 Å². The summed E-state index contributed by atoms with van der Waals surface area (Å²) in [6, 6.07) is 46.7. The van der Waals surface area contributed by atoms with Crippen LogP contribution in [0.25, 0.3) is 32.1 Å². The van der Waals surface area contributed by atoms with Gasteiger partial charge in [0, 0.05) is 82.6 Å². The van der Waals surface area contributed by atoms with Gasteiger partial charge in [-0.3, -0.25) is 43.1 Å². The van der Waals surface area contributed by atoms with E-state index in [1.54, 1.807) is 106 Å². The number of carboxylic acid groups (broad SMARTS) is 2. The van der Waals surface area contributed by atoms with Gasteiger partial charge in [-0.15, -0.1) is 53.3 Å². The van der Waals surface area contributed by atoms with Crippen LogP contribution in [-0.4, -0.2) is 168 Å². The third-order valence-electron chi connectivity index (χ3n) is 23.7. The van der Waals surface area contributed by atoms with Gasteiger partial charge < -0.3 is 24.4 Å². The molecule has 132 heavy (non-hydrogen) atoms. The third-order valence-corrected chi connectivity index (χ3v) is 30.5. The summed E-state index contributed by atoms with van der Waals surface area (Å²) < 4.78 is 81.2. The number of hydrogen-bond acceptors (Lipinski definition) is 24. The number of thiophene rings is 2. The van der Waals surface area contributed by atoms with Crippen molar-refractivity contribution >= 4 is 129 Å². The standard InChI is InChI=1S/2C28H30N4O5S.C20H17ClN4O3S.C20H19ClN4OS/c2*1-17-9-10-20(23(14-27(33)34)21-11-18(2)28-24(13-21)29-30-31(28)4)12-22(17)16-32-15-19(3)37-25-7-5-6-8-26(25)38(32,35)36;1-10-16-17(12-4-6-13(21)7-5-12)23-14(8-15(27)28-3)19-24-22-9-25(19)20(16)29-18(10)11(2)26;1-10(26)9-16-19-24-23-13(4)25(19)20-17(11(2)12(3)27-20)18(22-16)14-5-7-15(21)8-6-14/h2*5-13,19,23H,14-16H2,1-4H3,(H,33,34);4-7,9,14H,8H2,1-3H3;5-8,16H,9H2,1-4H3/t;;14-;/m..0./s1. The Morgan fingerprint density at radius 3 is 1.45 bits per heavy atom. The molecule has 0 radical (unpaired) electrons. The fourth-order valence-electron chi connectivity index (χ4n) is 17.2. The zero-order valence-electron chi connectivity index (χ0n) is 75.0. The number of rotatable bonds is 19. The van der Waals surface area contributed by atoms with E-state index < -0.39 is 55.8 Å². The number of hydrogen-bond donors (Lipinski definition) is 2. The fourth-order valence-corrected chi connectivity index (χ4v) is 23.1. The van der Waals surface area contributed by atoms with Gasteiger partial charge in [-0.25, -0.2) is 26.2 Å². The van der Waals surface area contributed by atoms with Crippen LogP contribution >= 0.6 is 45.9 Å². The molecule has 30 nitrogen and oxygen atoms in total. The number of sulfonamides is 2. The van der Waals surface area contributed by atoms with Crippen molar-refractivity contribution in [3.05, 3.63) is 290 Å². The number of ether oxygens (including phenoxy) is 3. The lowest BCUT2D eigenvalue weighted by Gasteiger charge is -2.24. The molecule has 6 aromatic heterocycles. The number of Topliss-reactive ketones (excluding diaryl/α,β-unsaturated/α-hetero) is 2. The van der Waals surface area contributed by atoms with Crippen LogP contribution in [0.1, 0.15) is 198 Å². The van der Waals surface area contributed by atoms with E-state index in [4.69, 9.17) is 47.4 Å². The Kier molecular flexibility index (Phi) is 27.5. The van der Waals surface area contributed by atoms with Gasteiger partial charge in [0.05, 0.1) is 66.8 Å². The van der Waals surface area contributed by atoms with E-state index in [9.17, 15) is 51.0 Å². The number of carbonyl (C=O) groups excluding carboxylic acids is 3. The Labute approximate surface area is 780 Å². The second-order valence-corrected chi connectivity index (χ2v) is 40.2. The van der Waals surface area contributed by atoms with E-state index in [2.05, 4.69) is 59.4 Å². The zero-order valence-corrected chi connectivity index (χ0v) is 79.8. The van der Waals surface area contributed by atoms with Crippen LogP contribution in [0.3, 0.4) is 0 Å². The largest absolute Gasteiger partial charge is 0.488 e. The second-order valence-electron chi connectivity index (χ2n) is 33.3. The number of benzene rings is 8. The van der Waals surface area contributed by atoms with Gasteiger partial charge in [0.15, 0.2) is 17.4 Å². The molecular weight excluding hydrogens is 1800 g/mol. The monoisotopic (exact) mass is 1890 g/mol. The lowest BCUT2D eigenvalue weighted by molar-refractivity contribution is -0.141. The molecule has 10 heterocycles. The molecule has 2 N–H and O–H groups in total. The number of nitrogens with zero attached hydrogens (tertiary/aromatic N) is 16. The summed E-state index contributed by atoms with van der Waals surface area (Å²) in [6.45, 7) is 23.3. The fraction of sp³-hybridized carbons (Fsp3) is 0.302. The highest BCUT2D eigenvalue weighted by atomic mass is 35.5. The molecular formula is C96H96Cl2N16O14S4. The number of aliphatic imine (C=N–C) groups is 2.